The molecule has 202 valence electrons. The highest BCUT2D eigenvalue weighted by molar-refractivity contribution is 6.36. The number of hydrogen-bond acceptors (Lipinski definition) is 8. The fourth-order valence-electron chi connectivity index (χ4n) is 3.95. The van der Waals surface area contributed by atoms with E-state index in [1.54, 1.807) is 13.0 Å². The number of nitrogens with zero attached hydrogens (tertiary/aromatic N) is 4. The molecule has 5 aromatic rings. The SMILES string of the molecule is COc1cc2nccc(Oc3ccc(NC(=O)c4nnc(C)c(-c5ccc(F)cc5)c4Cl)cc3F)c2nc1OC. The maximum absolute atomic E-state index is 15.1. The van der Waals surface area contributed by atoms with Crippen molar-refractivity contribution < 1.29 is 27.8 Å². The van der Waals surface area contributed by atoms with Crippen LogP contribution in [0.4, 0.5) is 14.5 Å². The largest absolute Gasteiger partial charge is 0.491 e. The summed E-state index contributed by atoms with van der Waals surface area (Å²) in [7, 11) is 2.92. The summed E-state index contributed by atoms with van der Waals surface area (Å²) in [4.78, 5) is 21.6. The van der Waals surface area contributed by atoms with Crippen molar-refractivity contribution in [2.24, 2.45) is 0 Å². The summed E-state index contributed by atoms with van der Waals surface area (Å²) in [5.74, 6) is -1.16. The molecule has 0 aliphatic heterocycles. The lowest BCUT2D eigenvalue weighted by atomic mass is 10.0. The zero-order valence-electron chi connectivity index (χ0n) is 21.3. The van der Waals surface area contributed by atoms with Crippen LogP contribution in [0.5, 0.6) is 23.1 Å². The van der Waals surface area contributed by atoms with Crippen LogP contribution in [-0.4, -0.2) is 40.3 Å². The van der Waals surface area contributed by atoms with E-state index >= 15 is 4.39 Å². The normalized spacial score (nSPS) is 10.8. The molecule has 0 unspecified atom stereocenters. The van der Waals surface area contributed by atoms with Crippen molar-refractivity contribution in [1.29, 1.82) is 0 Å². The summed E-state index contributed by atoms with van der Waals surface area (Å²) in [5.41, 5.74) is 2.19. The lowest BCUT2D eigenvalue weighted by molar-refractivity contribution is 0.102. The Morgan fingerprint density at radius 2 is 1.70 bits per heavy atom. The summed E-state index contributed by atoms with van der Waals surface area (Å²) in [6.07, 6.45) is 1.49. The first-order chi connectivity index (χ1) is 19.3. The van der Waals surface area contributed by atoms with Crippen LogP contribution in [0.2, 0.25) is 5.02 Å². The van der Waals surface area contributed by atoms with Crippen molar-refractivity contribution in [3.05, 3.63) is 88.8 Å². The van der Waals surface area contributed by atoms with Gasteiger partial charge in [0.2, 0.25) is 0 Å². The highest BCUT2D eigenvalue weighted by Gasteiger charge is 2.21. The first kappa shape index (κ1) is 26.7. The number of pyridine rings is 2. The van der Waals surface area contributed by atoms with Gasteiger partial charge >= 0.3 is 0 Å². The summed E-state index contributed by atoms with van der Waals surface area (Å²) >= 11 is 6.51. The molecule has 12 heteroatoms. The highest BCUT2D eigenvalue weighted by Crippen LogP contribution is 2.36. The molecule has 0 aliphatic carbocycles. The number of carbonyl (C=O) groups excluding carboxylic acids is 1. The van der Waals surface area contributed by atoms with E-state index in [-0.39, 0.29) is 33.8 Å². The van der Waals surface area contributed by atoms with E-state index in [1.807, 2.05) is 0 Å². The topological polar surface area (TPSA) is 108 Å². The van der Waals surface area contributed by atoms with Crippen molar-refractivity contribution in [1.82, 2.24) is 20.2 Å². The molecule has 0 atom stereocenters. The number of amides is 1. The van der Waals surface area contributed by atoms with E-state index in [0.717, 1.165) is 6.07 Å². The Balaban J connectivity index is 1.39. The molecule has 0 aliphatic rings. The van der Waals surface area contributed by atoms with Gasteiger partial charge in [0.1, 0.15) is 11.3 Å². The summed E-state index contributed by atoms with van der Waals surface area (Å²) < 4.78 is 44.7. The molecule has 2 aromatic carbocycles. The molecular formula is C28H20ClF2N5O4. The molecule has 0 fully saturated rings. The average molecular weight is 564 g/mol. The quantitative estimate of drug-likeness (QED) is 0.243. The van der Waals surface area contributed by atoms with Gasteiger partial charge in [-0.1, -0.05) is 23.7 Å². The van der Waals surface area contributed by atoms with Gasteiger partial charge in [0, 0.05) is 35.6 Å². The van der Waals surface area contributed by atoms with Gasteiger partial charge < -0.3 is 19.5 Å². The van der Waals surface area contributed by atoms with Gasteiger partial charge in [0.05, 0.1) is 30.5 Å². The number of methoxy groups -OCH3 is 2. The predicted octanol–water partition coefficient (Wildman–Crippen LogP) is 6.39. The first-order valence-electron chi connectivity index (χ1n) is 11.7. The zero-order valence-corrected chi connectivity index (χ0v) is 22.1. The molecule has 5 rings (SSSR count). The first-order valence-corrected chi connectivity index (χ1v) is 12.1. The van der Waals surface area contributed by atoms with Gasteiger partial charge in [0.25, 0.3) is 11.8 Å². The van der Waals surface area contributed by atoms with Gasteiger partial charge in [-0.15, -0.1) is 5.10 Å². The molecule has 0 spiro atoms. The standard InChI is InChI=1S/C28H20ClF2N5O4/c1-14-23(15-4-6-16(30)7-5-15)24(29)26(36-35-14)27(37)33-17-8-9-20(18(31)12-17)40-21-10-11-32-19-13-22(38-2)28(39-3)34-25(19)21/h4-13H,1-3H3,(H,33,37). The van der Waals surface area contributed by atoms with E-state index in [1.165, 1.54) is 62.9 Å². The number of benzene rings is 2. The summed E-state index contributed by atoms with van der Waals surface area (Å²) in [6, 6.07) is 12.6. The van der Waals surface area contributed by atoms with E-state index in [4.69, 9.17) is 25.8 Å². The molecule has 9 nitrogen and oxygen atoms in total. The van der Waals surface area contributed by atoms with Crippen LogP contribution in [0.25, 0.3) is 22.2 Å². The summed E-state index contributed by atoms with van der Waals surface area (Å²) in [6.45, 7) is 1.67. The Morgan fingerprint density at radius 3 is 2.40 bits per heavy atom. The number of anilines is 1. The number of aromatic nitrogens is 4. The van der Waals surface area contributed by atoms with E-state index in [0.29, 0.717) is 33.6 Å². The number of nitrogens with one attached hydrogen (secondary N) is 1. The van der Waals surface area contributed by atoms with E-state index in [9.17, 15) is 9.18 Å². The van der Waals surface area contributed by atoms with Crippen LogP contribution in [-0.2, 0) is 0 Å². The monoisotopic (exact) mass is 563 g/mol. The van der Waals surface area contributed by atoms with Crippen molar-refractivity contribution in [2.45, 2.75) is 6.92 Å². The van der Waals surface area contributed by atoms with Crippen LogP contribution < -0.4 is 19.5 Å². The lowest BCUT2D eigenvalue weighted by Gasteiger charge is -2.13. The Kier molecular flexibility index (Phi) is 7.39. The second kappa shape index (κ2) is 11.1. The van der Waals surface area contributed by atoms with Gasteiger partial charge in [-0.25, -0.2) is 13.8 Å². The molecule has 40 heavy (non-hydrogen) atoms. The molecule has 3 aromatic heterocycles. The second-order valence-corrected chi connectivity index (χ2v) is 8.79. The number of rotatable bonds is 7. The molecular weight excluding hydrogens is 544 g/mol. The number of halogens is 3. The number of aryl methyl sites for hydroxylation is 1. The van der Waals surface area contributed by atoms with E-state index < -0.39 is 17.5 Å². The van der Waals surface area contributed by atoms with Gasteiger partial charge in [-0.2, -0.15) is 5.10 Å². The molecule has 3 heterocycles. The van der Waals surface area contributed by atoms with E-state index in [2.05, 4.69) is 25.5 Å². The third-order valence-electron chi connectivity index (χ3n) is 5.87. The fourth-order valence-corrected chi connectivity index (χ4v) is 4.32. The third-order valence-corrected chi connectivity index (χ3v) is 6.24. The Labute approximate surface area is 231 Å². The molecule has 1 N–H and O–H groups in total. The molecule has 1 amide bonds. The van der Waals surface area contributed by atoms with Gasteiger partial charge in [-0.05, 0) is 36.8 Å². The maximum atomic E-state index is 15.1. The Hall–Kier alpha value is -4.90. The summed E-state index contributed by atoms with van der Waals surface area (Å²) in [5, 5.41) is 10.5. The number of ether oxygens (including phenoxy) is 3. The van der Waals surface area contributed by atoms with Crippen molar-refractivity contribution in [3.63, 3.8) is 0 Å². The van der Waals surface area contributed by atoms with Crippen molar-refractivity contribution >= 4 is 34.2 Å². The highest BCUT2D eigenvalue weighted by atomic mass is 35.5. The third kappa shape index (κ3) is 5.19. The number of carbonyl (C=O) groups is 1. The van der Waals surface area contributed by atoms with Crippen LogP contribution in [0.3, 0.4) is 0 Å². The number of fused-ring (bicyclic) bond motifs is 1. The van der Waals surface area contributed by atoms with Crippen LogP contribution >= 0.6 is 11.6 Å². The second-order valence-electron chi connectivity index (χ2n) is 8.41. The molecule has 0 saturated carbocycles. The van der Waals surface area contributed by atoms with Crippen LogP contribution in [0.15, 0.2) is 60.8 Å². The minimum atomic E-state index is -0.753. The van der Waals surface area contributed by atoms with Crippen LogP contribution in [0.1, 0.15) is 16.2 Å². The minimum Gasteiger partial charge on any atom is -0.491 e. The minimum absolute atomic E-state index is 0.0288. The predicted molar refractivity (Wildman–Crippen MR) is 144 cm³/mol. The lowest BCUT2D eigenvalue weighted by Crippen LogP contribution is -2.16. The van der Waals surface area contributed by atoms with Crippen LogP contribution in [0, 0.1) is 18.6 Å². The average Bonchev–Trinajstić information content (AvgIpc) is 2.94. The zero-order chi connectivity index (χ0) is 28.4. The van der Waals surface area contributed by atoms with Crippen molar-refractivity contribution in [3.8, 4) is 34.3 Å². The molecule has 0 bridgehead atoms. The van der Waals surface area contributed by atoms with Gasteiger partial charge in [-0.3, -0.25) is 9.78 Å². The fraction of sp³-hybridized carbons (Fsp3) is 0.107. The van der Waals surface area contributed by atoms with Gasteiger partial charge in [0.15, 0.2) is 28.8 Å². The smallest absolute Gasteiger partial charge is 0.277 e. The molecule has 0 saturated heterocycles. The maximum Gasteiger partial charge on any atom is 0.277 e. The molecule has 0 radical (unpaired) electrons. The Bertz CT molecular complexity index is 1750. The number of hydrogen-bond donors (Lipinski definition) is 1. The van der Waals surface area contributed by atoms with Crippen molar-refractivity contribution in [2.75, 3.05) is 19.5 Å². The Morgan fingerprint density at radius 1 is 0.925 bits per heavy atom.